The van der Waals surface area contributed by atoms with Gasteiger partial charge in [-0.05, 0) is 43.4 Å². The summed E-state index contributed by atoms with van der Waals surface area (Å²) in [6.45, 7) is 9.42. The maximum Gasteiger partial charge on any atom is 0.309 e. The molecule has 2 N–H and O–H groups in total. The summed E-state index contributed by atoms with van der Waals surface area (Å²) >= 11 is 0. The summed E-state index contributed by atoms with van der Waals surface area (Å²) in [6.07, 6.45) is 6.29. The van der Waals surface area contributed by atoms with Crippen LogP contribution >= 0.6 is 0 Å². The summed E-state index contributed by atoms with van der Waals surface area (Å²) in [4.78, 5) is 23.3. The van der Waals surface area contributed by atoms with Gasteiger partial charge >= 0.3 is 11.8 Å². The fourth-order valence-corrected chi connectivity index (χ4v) is 2.88. The second-order valence-electron chi connectivity index (χ2n) is 6.62. The fraction of sp³-hybridized carbons (Fsp3) is 0.875. The molecule has 0 heterocycles. The molecule has 0 bridgehead atoms. The molecule has 20 heavy (non-hydrogen) atoms. The van der Waals surface area contributed by atoms with Crippen molar-refractivity contribution in [3.8, 4) is 0 Å². The lowest BCUT2D eigenvalue weighted by Gasteiger charge is -2.39. The Morgan fingerprint density at radius 3 is 2.15 bits per heavy atom. The zero-order valence-electron chi connectivity index (χ0n) is 13.4. The highest BCUT2D eigenvalue weighted by atomic mass is 16.2. The molecule has 0 aromatic heterocycles. The molecule has 0 radical (unpaired) electrons. The van der Waals surface area contributed by atoms with Crippen molar-refractivity contribution in [3.63, 3.8) is 0 Å². The van der Waals surface area contributed by atoms with Crippen molar-refractivity contribution in [1.82, 2.24) is 10.6 Å². The van der Waals surface area contributed by atoms with Crippen LogP contribution in [0.15, 0.2) is 0 Å². The number of carbonyl (C=O) groups is 2. The maximum atomic E-state index is 11.7. The molecule has 1 fully saturated rings. The molecule has 4 heteroatoms. The zero-order valence-corrected chi connectivity index (χ0v) is 13.4. The third-order valence-corrected chi connectivity index (χ3v) is 4.82. The van der Waals surface area contributed by atoms with E-state index < -0.39 is 11.8 Å². The van der Waals surface area contributed by atoms with Gasteiger partial charge in [0, 0.05) is 12.6 Å². The van der Waals surface area contributed by atoms with Crippen molar-refractivity contribution >= 4 is 11.8 Å². The average Bonchev–Trinajstić information content (AvgIpc) is 2.45. The predicted octanol–water partition coefficient (Wildman–Crippen LogP) is 2.62. The van der Waals surface area contributed by atoms with Crippen LogP contribution in [0.2, 0.25) is 0 Å². The van der Waals surface area contributed by atoms with Crippen LogP contribution in [0.1, 0.15) is 66.2 Å². The maximum absolute atomic E-state index is 11.7. The molecule has 0 unspecified atom stereocenters. The number of hydrogen-bond acceptors (Lipinski definition) is 2. The Balaban J connectivity index is 2.35. The van der Waals surface area contributed by atoms with Crippen LogP contribution in [0.5, 0.6) is 0 Å². The van der Waals surface area contributed by atoms with Gasteiger partial charge in [-0.15, -0.1) is 0 Å². The Bertz CT molecular complexity index is 331. The predicted molar refractivity (Wildman–Crippen MR) is 81.3 cm³/mol. The van der Waals surface area contributed by atoms with Gasteiger partial charge in [0.2, 0.25) is 0 Å². The van der Waals surface area contributed by atoms with E-state index >= 15 is 0 Å². The minimum Gasteiger partial charge on any atom is -0.348 e. The summed E-state index contributed by atoms with van der Waals surface area (Å²) < 4.78 is 0. The number of carbonyl (C=O) groups excluding carboxylic acids is 2. The van der Waals surface area contributed by atoms with Gasteiger partial charge in [-0.3, -0.25) is 9.59 Å². The highest BCUT2D eigenvalue weighted by Crippen LogP contribution is 2.40. The molecule has 1 aliphatic rings. The average molecular weight is 282 g/mol. The first kappa shape index (κ1) is 17.0. The van der Waals surface area contributed by atoms with E-state index in [0.717, 1.165) is 38.0 Å². The Hall–Kier alpha value is -1.06. The van der Waals surface area contributed by atoms with E-state index in [4.69, 9.17) is 0 Å². The minimum absolute atomic E-state index is 0.166. The van der Waals surface area contributed by atoms with Crippen LogP contribution in [-0.2, 0) is 9.59 Å². The van der Waals surface area contributed by atoms with Gasteiger partial charge in [-0.2, -0.15) is 0 Å². The number of amides is 2. The molecular weight excluding hydrogens is 252 g/mol. The molecule has 0 aromatic carbocycles. The molecule has 0 spiro atoms. The Morgan fingerprint density at radius 1 is 1.05 bits per heavy atom. The quantitative estimate of drug-likeness (QED) is 0.762. The van der Waals surface area contributed by atoms with E-state index in [9.17, 15) is 9.59 Å². The van der Waals surface area contributed by atoms with Crippen LogP contribution in [0.3, 0.4) is 0 Å². The molecule has 1 rings (SSSR count). The monoisotopic (exact) mass is 282 g/mol. The Morgan fingerprint density at radius 2 is 1.65 bits per heavy atom. The lowest BCUT2D eigenvalue weighted by Crippen LogP contribution is -2.46. The van der Waals surface area contributed by atoms with Crippen LogP contribution < -0.4 is 10.6 Å². The third-order valence-electron chi connectivity index (χ3n) is 4.82. The second-order valence-corrected chi connectivity index (χ2v) is 6.62. The first-order chi connectivity index (χ1) is 9.40. The molecule has 4 nitrogen and oxygen atoms in total. The van der Waals surface area contributed by atoms with E-state index in [0.29, 0.717) is 12.0 Å². The lowest BCUT2D eigenvalue weighted by atomic mass is 9.69. The summed E-state index contributed by atoms with van der Waals surface area (Å²) in [7, 11) is 0. The first-order valence-corrected chi connectivity index (χ1v) is 7.99. The van der Waals surface area contributed by atoms with Crippen LogP contribution in [-0.4, -0.2) is 24.4 Å². The highest BCUT2D eigenvalue weighted by Gasteiger charge is 2.32. The number of nitrogens with one attached hydrogen (secondary N) is 2. The van der Waals surface area contributed by atoms with Crippen LogP contribution in [0.4, 0.5) is 0 Å². The third kappa shape index (κ3) is 4.80. The molecule has 1 saturated carbocycles. The number of hydrogen-bond donors (Lipinski definition) is 2. The van der Waals surface area contributed by atoms with Crippen molar-refractivity contribution in [3.05, 3.63) is 0 Å². The second kappa shape index (κ2) is 7.65. The minimum atomic E-state index is -0.497. The molecule has 116 valence electrons. The van der Waals surface area contributed by atoms with Gasteiger partial charge in [0.05, 0.1) is 0 Å². The van der Waals surface area contributed by atoms with E-state index in [1.807, 2.05) is 6.92 Å². The zero-order chi connectivity index (χ0) is 15.2. The lowest BCUT2D eigenvalue weighted by molar-refractivity contribution is -0.139. The fourth-order valence-electron chi connectivity index (χ4n) is 2.88. The smallest absolute Gasteiger partial charge is 0.309 e. The molecule has 1 aliphatic carbocycles. The highest BCUT2D eigenvalue weighted by molar-refractivity contribution is 6.35. The van der Waals surface area contributed by atoms with Gasteiger partial charge in [-0.1, -0.05) is 34.1 Å². The molecule has 0 saturated heterocycles. The normalized spacial score (nSPS) is 23.2. The van der Waals surface area contributed by atoms with E-state index in [2.05, 4.69) is 31.4 Å². The van der Waals surface area contributed by atoms with Crippen molar-refractivity contribution in [2.75, 3.05) is 6.54 Å². The van der Waals surface area contributed by atoms with Gasteiger partial charge in [-0.25, -0.2) is 0 Å². The molecular formula is C16H30N2O2. The van der Waals surface area contributed by atoms with Gasteiger partial charge in [0.25, 0.3) is 0 Å². The number of rotatable bonds is 5. The van der Waals surface area contributed by atoms with E-state index in [1.165, 1.54) is 6.42 Å². The molecule has 0 atom stereocenters. The first-order valence-electron chi connectivity index (χ1n) is 7.99. The summed E-state index contributed by atoms with van der Waals surface area (Å²) in [5, 5.41) is 5.48. The van der Waals surface area contributed by atoms with Crippen LogP contribution in [0.25, 0.3) is 0 Å². The molecule has 2 amide bonds. The van der Waals surface area contributed by atoms with Gasteiger partial charge < -0.3 is 10.6 Å². The summed E-state index contributed by atoms with van der Waals surface area (Å²) in [5.41, 5.74) is 0.382. The van der Waals surface area contributed by atoms with Gasteiger partial charge in [0.15, 0.2) is 0 Å². The Labute approximate surface area is 123 Å². The SMILES string of the molecule is CCCNC(=O)C(=O)NC1CCC(C(C)(C)CC)CC1. The van der Waals surface area contributed by atoms with Crippen molar-refractivity contribution in [2.45, 2.75) is 72.3 Å². The standard InChI is InChI=1S/C16H30N2O2/c1-5-11-17-14(19)15(20)18-13-9-7-12(8-10-13)16(3,4)6-2/h12-13H,5-11H2,1-4H3,(H,17,19)(H,18,20). The summed E-state index contributed by atoms with van der Waals surface area (Å²) in [6, 6.07) is 0.166. The Kier molecular flexibility index (Phi) is 6.50. The van der Waals surface area contributed by atoms with Crippen molar-refractivity contribution in [2.24, 2.45) is 11.3 Å². The van der Waals surface area contributed by atoms with Crippen LogP contribution in [0, 0.1) is 11.3 Å². The molecule has 0 aromatic rings. The van der Waals surface area contributed by atoms with E-state index in [-0.39, 0.29) is 6.04 Å². The van der Waals surface area contributed by atoms with Gasteiger partial charge in [0.1, 0.15) is 0 Å². The molecule has 0 aliphatic heterocycles. The van der Waals surface area contributed by atoms with Crippen molar-refractivity contribution < 1.29 is 9.59 Å². The van der Waals surface area contributed by atoms with Crippen molar-refractivity contribution in [1.29, 1.82) is 0 Å². The summed E-state index contributed by atoms with van der Waals surface area (Å²) in [5.74, 6) is -0.242. The van der Waals surface area contributed by atoms with E-state index in [1.54, 1.807) is 0 Å². The largest absolute Gasteiger partial charge is 0.348 e. The topological polar surface area (TPSA) is 58.2 Å².